The highest BCUT2D eigenvalue weighted by molar-refractivity contribution is 7.98. The van der Waals surface area contributed by atoms with Gasteiger partial charge in [-0.05, 0) is 37.7 Å². The van der Waals surface area contributed by atoms with E-state index in [9.17, 15) is 14.7 Å². The third-order valence-corrected chi connectivity index (χ3v) is 3.38. The van der Waals surface area contributed by atoms with Crippen LogP contribution in [0.3, 0.4) is 0 Å². The second kappa shape index (κ2) is 9.07. The summed E-state index contributed by atoms with van der Waals surface area (Å²) < 4.78 is 0. The molecule has 0 aromatic heterocycles. The minimum atomic E-state index is -0.958. The van der Waals surface area contributed by atoms with Crippen LogP contribution in [-0.2, 0) is 4.79 Å². The highest BCUT2D eigenvalue weighted by atomic mass is 32.2. The summed E-state index contributed by atoms with van der Waals surface area (Å²) in [7, 11) is 0. The number of hydrogen-bond acceptors (Lipinski definition) is 4. The lowest BCUT2D eigenvalue weighted by molar-refractivity contribution is -0.124. The van der Waals surface area contributed by atoms with Crippen LogP contribution in [0.4, 0.5) is 4.79 Å². The molecule has 0 aliphatic carbocycles. The van der Waals surface area contributed by atoms with E-state index in [0.717, 1.165) is 5.75 Å². The molecule has 0 rings (SSSR count). The van der Waals surface area contributed by atoms with E-state index >= 15 is 0 Å². The Kier molecular flexibility index (Phi) is 8.64. The van der Waals surface area contributed by atoms with Crippen LogP contribution < -0.4 is 16.4 Å². The summed E-state index contributed by atoms with van der Waals surface area (Å²) in [6.45, 7) is 5.85. The van der Waals surface area contributed by atoms with E-state index in [1.807, 2.05) is 20.1 Å². The van der Waals surface area contributed by atoms with Crippen molar-refractivity contribution in [3.05, 3.63) is 0 Å². The SMILES string of the molecule is CSCCC(NC(N)=O)C(=O)NCC(C)(O)CC(C)C. The van der Waals surface area contributed by atoms with Crippen molar-refractivity contribution in [2.24, 2.45) is 11.7 Å². The third kappa shape index (κ3) is 9.03. The van der Waals surface area contributed by atoms with Gasteiger partial charge in [0.05, 0.1) is 5.60 Å². The van der Waals surface area contributed by atoms with Crippen molar-refractivity contribution in [3.63, 3.8) is 0 Å². The molecule has 2 unspecified atom stereocenters. The summed E-state index contributed by atoms with van der Waals surface area (Å²) in [5.74, 6) is 0.751. The van der Waals surface area contributed by atoms with Gasteiger partial charge in [0.25, 0.3) is 0 Å². The first-order chi connectivity index (χ1) is 9.18. The van der Waals surface area contributed by atoms with Crippen molar-refractivity contribution >= 4 is 23.7 Å². The fraction of sp³-hybridized carbons (Fsp3) is 0.846. The van der Waals surface area contributed by atoms with Crippen LogP contribution in [0.2, 0.25) is 0 Å². The van der Waals surface area contributed by atoms with Crippen LogP contribution >= 0.6 is 11.8 Å². The minimum absolute atomic E-state index is 0.153. The molecule has 0 aromatic carbocycles. The zero-order chi connectivity index (χ0) is 15.8. The van der Waals surface area contributed by atoms with Crippen molar-refractivity contribution in [2.45, 2.75) is 45.3 Å². The third-order valence-electron chi connectivity index (χ3n) is 2.74. The fourth-order valence-corrected chi connectivity index (χ4v) is 2.50. The Morgan fingerprint density at radius 2 is 2.00 bits per heavy atom. The Bertz CT molecular complexity index is 322. The van der Waals surface area contributed by atoms with E-state index in [0.29, 0.717) is 18.8 Å². The van der Waals surface area contributed by atoms with Gasteiger partial charge < -0.3 is 21.5 Å². The van der Waals surface area contributed by atoms with Gasteiger partial charge in [0.15, 0.2) is 0 Å². The van der Waals surface area contributed by atoms with Crippen molar-refractivity contribution in [1.29, 1.82) is 0 Å². The number of carbonyl (C=O) groups is 2. The fourth-order valence-electron chi connectivity index (χ4n) is 2.03. The molecule has 0 radical (unpaired) electrons. The molecule has 0 aliphatic heterocycles. The van der Waals surface area contributed by atoms with Crippen molar-refractivity contribution in [3.8, 4) is 0 Å². The smallest absolute Gasteiger partial charge is 0.312 e. The summed E-state index contributed by atoms with van der Waals surface area (Å²) in [5.41, 5.74) is 4.11. The summed E-state index contributed by atoms with van der Waals surface area (Å²) in [6, 6.07) is -1.38. The molecule has 7 heteroatoms. The van der Waals surface area contributed by atoms with Crippen molar-refractivity contribution in [2.75, 3.05) is 18.6 Å². The average Bonchev–Trinajstić information content (AvgIpc) is 2.29. The number of nitrogens with one attached hydrogen (secondary N) is 2. The van der Waals surface area contributed by atoms with Crippen LogP contribution in [0.5, 0.6) is 0 Å². The maximum Gasteiger partial charge on any atom is 0.312 e. The number of amides is 3. The first-order valence-corrected chi connectivity index (χ1v) is 8.12. The van der Waals surface area contributed by atoms with E-state index in [1.54, 1.807) is 18.7 Å². The molecule has 5 N–H and O–H groups in total. The second-order valence-electron chi connectivity index (χ2n) is 5.66. The number of thioether (sulfide) groups is 1. The Labute approximate surface area is 125 Å². The number of aliphatic hydroxyl groups is 1. The van der Waals surface area contributed by atoms with Gasteiger partial charge in [-0.25, -0.2) is 4.79 Å². The van der Waals surface area contributed by atoms with Gasteiger partial charge in [0, 0.05) is 6.54 Å². The summed E-state index contributed by atoms with van der Waals surface area (Å²) >= 11 is 1.58. The molecule has 0 heterocycles. The molecule has 118 valence electrons. The molecule has 3 amide bonds. The summed E-state index contributed by atoms with van der Waals surface area (Å²) in [6.07, 6.45) is 3.01. The quantitative estimate of drug-likeness (QED) is 0.503. The maximum absolute atomic E-state index is 12.0. The predicted octanol–water partition coefficient (Wildman–Crippen LogP) is 0.690. The van der Waals surface area contributed by atoms with Crippen LogP contribution in [-0.4, -0.2) is 47.2 Å². The summed E-state index contributed by atoms with van der Waals surface area (Å²) in [5, 5.41) is 15.2. The summed E-state index contributed by atoms with van der Waals surface area (Å²) in [4.78, 5) is 22.9. The molecule has 0 bridgehead atoms. The van der Waals surface area contributed by atoms with E-state index in [2.05, 4.69) is 10.6 Å². The Morgan fingerprint density at radius 3 is 2.45 bits per heavy atom. The number of nitrogens with two attached hydrogens (primary N) is 1. The topological polar surface area (TPSA) is 104 Å². The molecule has 0 spiro atoms. The first-order valence-electron chi connectivity index (χ1n) is 6.73. The van der Waals surface area contributed by atoms with Crippen LogP contribution in [0.25, 0.3) is 0 Å². The van der Waals surface area contributed by atoms with E-state index in [1.165, 1.54) is 0 Å². The standard InChI is InChI=1S/C13H27N3O3S/c1-9(2)7-13(3,19)8-15-11(17)10(5-6-20-4)16-12(14)18/h9-10,19H,5-8H2,1-4H3,(H,15,17)(H3,14,16,18). The van der Waals surface area contributed by atoms with Crippen LogP contribution in [0, 0.1) is 5.92 Å². The minimum Gasteiger partial charge on any atom is -0.388 e. The Balaban J connectivity index is 4.40. The molecule has 0 fully saturated rings. The zero-order valence-electron chi connectivity index (χ0n) is 12.7. The number of primary amides is 1. The van der Waals surface area contributed by atoms with Crippen molar-refractivity contribution < 1.29 is 14.7 Å². The highest BCUT2D eigenvalue weighted by Gasteiger charge is 2.25. The Morgan fingerprint density at radius 1 is 1.40 bits per heavy atom. The van der Waals surface area contributed by atoms with Gasteiger partial charge >= 0.3 is 6.03 Å². The molecular formula is C13H27N3O3S. The highest BCUT2D eigenvalue weighted by Crippen LogP contribution is 2.15. The van der Waals surface area contributed by atoms with E-state index in [4.69, 9.17) is 5.73 Å². The number of urea groups is 1. The largest absolute Gasteiger partial charge is 0.388 e. The molecule has 20 heavy (non-hydrogen) atoms. The van der Waals surface area contributed by atoms with Gasteiger partial charge in [0.1, 0.15) is 6.04 Å². The van der Waals surface area contributed by atoms with Gasteiger partial charge in [-0.2, -0.15) is 11.8 Å². The Hall–Kier alpha value is -0.950. The predicted molar refractivity (Wildman–Crippen MR) is 82.6 cm³/mol. The van der Waals surface area contributed by atoms with E-state index in [-0.39, 0.29) is 12.5 Å². The second-order valence-corrected chi connectivity index (χ2v) is 6.64. The molecule has 2 atom stereocenters. The van der Waals surface area contributed by atoms with Crippen molar-refractivity contribution in [1.82, 2.24) is 10.6 Å². The molecule has 0 saturated heterocycles. The lowest BCUT2D eigenvalue weighted by Gasteiger charge is -2.27. The van der Waals surface area contributed by atoms with Gasteiger partial charge in [-0.1, -0.05) is 13.8 Å². The first kappa shape index (κ1) is 19.1. The van der Waals surface area contributed by atoms with Crippen LogP contribution in [0.1, 0.15) is 33.6 Å². The molecular weight excluding hydrogens is 278 g/mol. The molecule has 0 saturated carbocycles. The molecule has 0 aromatic rings. The number of carbonyl (C=O) groups excluding carboxylic acids is 2. The molecule has 6 nitrogen and oxygen atoms in total. The van der Waals surface area contributed by atoms with Crippen LogP contribution in [0.15, 0.2) is 0 Å². The lowest BCUT2D eigenvalue weighted by Crippen LogP contribution is -2.51. The number of hydrogen-bond donors (Lipinski definition) is 4. The normalized spacial score (nSPS) is 15.5. The van der Waals surface area contributed by atoms with E-state index < -0.39 is 17.7 Å². The maximum atomic E-state index is 12.0. The monoisotopic (exact) mass is 305 g/mol. The average molecular weight is 305 g/mol. The zero-order valence-corrected chi connectivity index (χ0v) is 13.5. The van der Waals surface area contributed by atoms with Gasteiger partial charge in [0.2, 0.25) is 5.91 Å². The lowest BCUT2D eigenvalue weighted by atomic mass is 9.94. The van der Waals surface area contributed by atoms with Gasteiger partial charge in [-0.15, -0.1) is 0 Å². The van der Waals surface area contributed by atoms with Gasteiger partial charge in [-0.3, -0.25) is 4.79 Å². The molecule has 0 aliphatic rings. The number of rotatable bonds is 9.